The molecule has 0 aliphatic rings. The van der Waals surface area contributed by atoms with Gasteiger partial charge >= 0.3 is 6.03 Å². The zero-order valence-corrected chi connectivity index (χ0v) is 10.3. The highest BCUT2D eigenvalue weighted by atomic mass is 35.5. The smallest absolute Gasteiger partial charge is 0.323 e. The normalized spacial score (nSPS) is 9.76. The van der Waals surface area contributed by atoms with Gasteiger partial charge in [0.15, 0.2) is 0 Å². The maximum Gasteiger partial charge on any atom is 0.323 e. The lowest BCUT2D eigenvalue weighted by Gasteiger charge is -2.16. The summed E-state index contributed by atoms with van der Waals surface area (Å²) in [7, 11) is 1.62. The van der Waals surface area contributed by atoms with Gasteiger partial charge in [0.1, 0.15) is 5.88 Å². The van der Waals surface area contributed by atoms with E-state index in [2.05, 4.69) is 10.3 Å². The SMILES string of the molecule is CN(CCc1ccncc1)C(=O)NC(=O)CCl. The van der Waals surface area contributed by atoms with Gasteiger partial charge in [-0.1, -0.05) is 0 Å². The van der Waals surface area contributed by atoms with Crippen molar-refractivity contribution in [1.82, 2.24) is 15.2 Å². The number of carbonyl (C=O) groups is 2. The number of hydrogen-bond acceptors (Lipinski definition) is 3. The fourth-order valence-electron chi connectivity index (χ4n) is 1.20. The highest BCUT2D eigenvalue weighted by Gasteiger charge is 2.11. The molecule has 0 radical (unpaired) electrons. The molecule has 0 saturated heterocycles. The molecule has 0 aliphatic carbocycles. The Morgan fingerprint density at radius 1 is 1.41 bits per heavy atom. The molecular formula is C11H14ClN3O2. The fourth-order valence-corrected chi connectivity index (χ4v) is 1.26. The molecule has 0 fully saturated rings. The number of halogens is 1. The van der Waals surface area contributed by atoms with E-state index in [4.69, 9.17) is 11.6 Å². The summed E-state index contributed by atoms with van der Waals surface area (Å²) in [6.45, 7) is 0.519. The molecule has 1 aromatic rings. The predicted molar refractivity (Wildman–Crippen MR) is 64.8 cm³/mol. The molecule has 1 heterocycles. The Balaban J connectivity index is 2.37. The average molecular weight is 256 g/mol. The van der Waals surface area contributed by atoms with Crippen LogP contribution < -0.4 is 5.32 Å². The summed E-state index contributed by atoms with van der Waals surface area (Å²) in [4.78, 5) is 27.7. The van der Waals surface area contributed by atoms with Crippen molar-refractivity contribution in [2.45, 2.75) is 6.42 Å². The lowest BCUT2D eigenvalue weighted by molar-refractivity contribution is -0.117. The van der Waals surface area contributed by atoms with E-state index in [9.17, 15) is 9.59 Å². The number of urea groups is 1. The second-order valence-corrected chi connectivity index (χ2v) is 3.78. The summed E-state index contributed by atoms with van der Waals surface area (Å²) in [6.07, 6.45) is 4.11. The van der Waals surface area contributed by atoms with Crippen molar-refractivity contribution in [3.8, 4) is 0 Å². The molecule has 3 amide bonds. The minimum Gasteiger partial charge on any atom is -0.327 e. The Bertz CT molecular complexity index is 384. The molecule has 1 N–H and O–H groups in total. The van der Waals surface area contributed by atoms with Crippen LogP contribution in [0.3, 0.4) is 0 Å². The molecule has 6 heteroatoms. The number of nitrogens with one attached hydrogen (secondary N) is 1. The number of carbonyl (C=O) groups excluding carboxylic acids is 2. The van der Waals surface area contributed by atoms with E-state index in [0.29, 0.717) is 13.0 Å². The van der Waals surface area contributed by atoms with Crippen LogP contribution in [0, 0.1) is 0 Å². The summed E-state index contributed by atoms with van der Waals surface area (Å²) in [5, 5.41) is 2.17. The third kappa shape index (κ3) is 4.82. The number of aromatic nitrogens is 1. The van der Waals surface area contributed by atoms with Gasteiger partial charge in [-0.25, -0.2) is 4.79 Å². The zero-order valence-electron chi connectivity index (χ0n) is 9.52. The van der Waals surface area contributed by atoms with E-state index in [1.807, 2.05) is 12.1 Å². The Morgan fingerprint density at radius 3 is 2.65 bits per heavy atom. The maximum absolute atomic E-state index is 11.5. The quantitative estimate of drug-likeness (QED) is 0.818. The van der Waals surface area contributed by atoms with Crippen molar-refractivity contribution in [2.24, 2.45) is 0 Å². The zero-order chi connectivity index (χ0) is 12.7. The predicted octanol–water partition coefficient (Wildman–Crippen LogP) is 1.03. The van der Waals surface area contributed by atoms with Gasteiger partial charge in [0.2, 0.25) is 5.91 Å². The van der Waals surface area contributed by atoms with Crippen molar-refractivity contribution < 1.29 is 9.59 Å². The number of pyridine rings is 1. The van der Waals surface area contributed by atoms with Crippen molar-refractivity contribution in [2.75, 3.05) is 19.5 Å². The van der Waals surface area contributed by atoms with Crippen LogP contribution in [0.4, 0.5) is 4.79 Å². The van der Waals surface area contributed by atoms with Gasteiger partial charge in [-0.3, -0.25) is 15.1 Å². The van der Waals surface area contributed by atoms with E-state index >= 15 is 0 Å². The first-order valence-corrected chi connectivity index (χ1v) is 5.66. The largest absolute Gasteiger partial charge is 0.327 e. The summed E-state index contributed by atoms with van der Waals surface area (Å²) < 4.78 is 0. The Hall–Kier alpha value is -1.62. The van der Waals surface area contributed by atoms with Crippen molar-refractivity contribution >= 4 is 23.5 Å². The topological polar surface area (TPSA) is 62.3 Å². The van der Waals surface area contributed by atoms with E-state index < -0.39 is 11.9 Å². The summed E-state index contributed by atoms with van der Waals surface area (Å²) in [6, 6.07) is 3.33. The molecular weight excluding hydrogens is 242 g/mol. The second kappa shape index (κ2) is 6.85. The maximum atomic E-state index is 11.5. The molecule has 0 bridgehead atoms. The third-order valence-corrected chi connectivity index (χ3v) is 2.44. The van der Waals surface area contributed by atoms with Crippen LogP contribution in [-0.4, -0.2) is 41.3 Å². The van der Waals surface area contributed by atoms with Crippen LogP contribution in [-0.2, 0) is 11.2 Å². The Labute approximate surface area is 105 Å². The van der Waals surface area contributed by atoms with Crippen LogP contribution in [0.5, 0.6) is 0 Å². The van der Waals surface area contributed by atoms with E-state index in [1.165, 1.54) is 4.90 Å². The molecule has 1 aromatic heterocycles. The first-order valence-electron chi connectivity index (χ1n) is 5.13. The monoisotopic (exact) mass is 255 g/mol. The number of imide groups is 1. The van der Waals surface area contributed by atoms with Crippen LogP contribution in [0.15, 0.2) is 24.5 Å². The molecule has 0 saturated carbocycles. The van der Waals surface area contributed by atoms with Gasteiger partial charge in [-0.2, -0.15) is 0 Å². The van der Waals surface area contributed by atoms with Crippen molar-refractivity contribution in [3.05, 3.63) is 30.1 Å². The highest BCUT2D eigenvalue weighted by molar-refractivity contribution is 6.28. The van der Waals surface area contributed by atoms with Crippen LogP contribution in [0.2, 0.25) is 0 Å². The van der Waals surface area contributed by atoms with E-state index in [-0.39, 0.29) is 5.88 Å². The van der Waals surface area contributed by atoms with Crippen LogP contribution >= 0.6 is 11.6 Å². The fraction of sp³-hybridized carbons (Fsp3) is 0.364. The van der Waals surface area contributed by atoms with E-state index in [0.717, 1.165) is 5.56 Å². The second-order valence-electron chi connectivity index (χ2n) is 3.51. The van der Waals surface area contributed by atoms with Crippen LogP contribution in [0.1, 0.15) is 5.56 Å². The van der Waals surface area contributed by atoms with Gasteiger partial charge in [0.05, 0.1) is 0 Å². The summed E-state index contributed by atoms with van der Waals surface area (Å²) in [5.41, 5.74) is 1.09. The minimum atomic E-state index is -0.493. The molecule has 0 aromatic carbocycles. The molecule has 0 atom stereocenters. The average Bonchev–Trinajstić information content (AvgIpc) is 2.36. The molecule has 17 heavy (non-hydrogen) atoms. The standard InChI is InChI=1S/C11H14ClN3O2/c1-15(11(17)14-10(16)8-12)7-4-9-2-5-13-6-3-9/h2-3,5-6H,4,7-8H2,1H3,(H,14,16,17). The van der Waals surface area contributed by atoms with Gasteiger partial charge in [0.25, 0.3) is 0 Å². The third-order valence-electron chi connectivity index (χ3n) is 2.20. The van der Waals surface area contributed by atoms with Gasteiger partial charge in [0, 0.05) is 26.0 Å². The lowest BCUT2D eigenvalue weighted by atomic mass is 10.2. The first-order chi connectivity index (χ1) is 8.13. The summed E-state index contributed by atoms with van der Waals surface area (Å²) >= 11 is 5.28. The minimum absolute atomic E-state index is 0.218. The summed E-state index contributed by atoms with van der Waals surface area (Å²) in [5.74, 6) is -0.711. The number of alkyl halides is 1. The molecule has 5 nitrogen and oxygen atoms in total. The molecule has 1 rings (SSSR count). The molecule has 0 spiro atoms. The molecule has 92 valence electrons. The number of rotatable bonds is 4. The molecule has 0 unspecified atom stereocenters. The number of amides is 3. The molecule has 0 aliphatic heterocycles. The Morgan fingerprint density at radius 2 is 2.06 bits per heavy atom. The number of nitrogens with zero attached hydrogens (tertiary/aromatic N) is 2. The van der Waals surface area contributed by atoms with Gasteiger partial charge < -0.3 is 4.90 Å². The number of hydrogen-bond donors (Lipinski definition) is 1. The van der Waals surface area contributed by atoms with Crippen molar-refractivity contribution in [1.29, 1.82) is 0 Å². The Kier molecular flexibility index (Phi) is 5.42. The van der Waals surface area contributed by atoms with Crippen molar-refractivity contribution in [3.63, 3.8) is 0 Å². The van der Waals surface area contributed by atoms with Gasteiger partial charge in [-0.15, -0.1) is 11.6 Å². The lowest BCUT2D eigenvalue weighted by Crippen LogP contribution is -2.42. The van der Waals surface area contributed by atoms with E-state index in [1.54, 1.807) is 19.4 Å². The van der Waals surface area contributed by atoms with Crippen LogP contribution in [0.25, 0.3) is 0 Å². The highest BCUT2D eigenvalue weighted by Crippen LogP contribution is 1.99. The van der Waals surface area contributed by atoms with Gasteiger partial charge in [-0.05, 0) is 24.1 Å². The number of likely N-dealkylation sites (N-methyl/N-ethyl adjacent to an activating group) is 1. The first kappa shape index (κ1) is 13.4.